The molecule has 8 heteroatoms. The van der Waals surface area contributed by atoms with Crippen molar-refractivity contribution in [2.45, 2.75) is 42.8 Å². The molecule has 1 aliphatic heterocycles. The van der Waals surface area contributed by atoms with E-state index < -0.39 is 5.25 Å². The zero-order valence-electron chi connectivity index (χ0n) is 16.5. The van der Waals surface area contributed by atoms with Crippen LogP contribution in [0.5, 0.6) is 0 Å². The number of halogens is 1. The second-order valence-electron chi connectivity index (χ2n) is 7.22. The Bertz CT molecular complexity index is 1110. The SMILES string of the molecule is C[C@@H](Sc1nc2ccccc2c(=O)n1C[C@H]1CCCO1)C(=O)Nc1ccc(Cl)cc1. The van der Waals surface area contributed by atoms with E-state index in [2.05, 4.69) is 5.32 Å². The van der Waals surface area contributed by atoms with Crippen LogP contribution in [-0.2, 0) is 16.1 Å². The number of fused-ring (bicyclic) bond motifs is 1. The van der Waals surface area contributed by atoms with Gasteiger partial charge in [0.05, 0.1) is 28.8 Å². The van der Waals surface area contributed by atoms with Crippen molar-refractivity contribution in [1.82, 2.24) is 9.55 Å². The summed E-state index contributed by atoms with van der Waals surface area (Å²) < 4.78 is 7.38. The van der Waals surface area contributed by atoms with Crippen molar-refractivity contribution in [1.29, 1.82) is 0 Å². The maximum Gasteiger partial charge on any atom is 0.262 e. The molecule has 1 amide bonds. The summed E-state index contributed by atoms with van der Waals surface area (Å²) in [5, 5.41) is 4.12. The Labute approximate surface area is 183 Å². The van der Waals surface area contributed by atoms with E-state index in [0.29, 0.717) is 39.9 Å². The number of hydrogen-bond donors (Lipinski definition) is 1. The van der Waals surface area contributed by atoms with Gasteiger partial charge in [0.1, 0.15) is 0 Å². The van der Waals surface area contributed by atoms with Crippen LogP contribution in [0, 0.1) is 0 Å². The number of benzene rings is 2. The van der Waals surface area contributed by atoms with Gasteiger partial charge in [0.15, 0.2) is 5.16 Å². The second-order valence-corrected chi connectivity index (χ2v) is 8.96. The van der Waals surface area contributed by atoms with E-state index in [1.54, 1.807) is 41.8 Å². The molecule has 0 saturated carbocycles. The van der Waals surface area contributed by atoms with E-state index in [1.807, 2.05) is 18.2 Å². The number of aromatic nitrogens is 2. The van der Waals surface area contributed by atoms with Crippen molar-refractivity contribution >= 4 is 45.9 Å². The highest BCUT2D eigenvalue weighted by Crippen LogP contribution is 2.25. The van der Waals surface area contributed by atoms with Crippen LogP contribution in [0.1, 0.15) is 19.8 Å². The van der Waals surface area contributed by atoms with E-state index in [0.717, 1.165) is 12.8 Å². The first-order chi connectivity index (χ1) is 14.5. The zero-order valence-corrected chi connectivity index (χ0v) is 18.1. The molecule has 0 aliphatic carbocycles. The third-order valence-electron chi connectivity index (χ3n) is 5.00. The summed E-state index contributed by atoms with van der Waals surface area (Å²) >= 11 is 7.17. The van der Waals surface area contributed by atoms with Crippen molar-refractivity contribution in [2.24, 2.45) is 0 Å². The molecule has 1 fully saturated rings. The molecule has 1 aromatic heterocycles. The van der Waals surface area contributed by atoms with Gasteiger partial charge in [-0.3, -0.25) is 14.2 Å². The van der Waals surface area contributed by atoms with E-state index in [-0.39, 0.29) is 17.6 Å². The molecule has 156 valence electrons. The van der Waals surface area contributed by atoms with Crippen LogP contribution >= 0.6 is 23.4 Å². The highest BCUT2D eigenvalue weighted by Gasteiger charge is 2.23. The van der Waals surface area contributed by atoms with Crippen molar-refractivity contribution < 1.29 is 9.53 Å². The molecule has 1 aliphatic rings. The van der Waals surface area contributed by atoms with Gasteiger partial charge >= 0.3 is 0 Å². The van der Waals surface area contributed by atoms with Crippen LogP contribution in [-0.4, -0.2) is 33.4 Å². The third kappa shape index (κ3) is 4.69. The molecule has 0 radical (unpaired) electrons. The third-order valence-corrected chi connectivity index (χ3v) is 6.34. The van der Waals surface area contributed by atoms with Crippen LogP contribution < -0.4 is 10.9 Å². The Morgan fingerprint density at radius 1 is 1.30 bits per heavy atom. The van der Waals surface area contributed by atoms with E-state index in [4.69, 9.17) is 21.3 Å². The Hall–Kier alpha value is -2.35. The Morgan fingerprint density at radius 2 is 2.07 bits per heavy atom. The largest absolute Gasteiger partial charge is 0.376 e. The van der Waals surface area contributed by atoms with Gasteiger partial charge in [-0.2, -0.15) is 0 Å². The standard InChI is InChI=1S/C22H22ClN3O3S/c1-14(20(27)24-16-10-8-15(23)9-11-16)30-22-25-19-7-3-2-6-18(19)21(28)26(22)13-17-5-4-12-29-17/h2-3,6-11,14,17H,4-5,12-13H2,1H3,(H,24,27)/t14-,17-/m1/s1. The molecule has 0 unspecified atom stereocenters. The summed E-state index contributed by atoms with van der Waals surface area (Å²) in [6.45, 7) is 2.95. The summed E-state index contributed by atoms with van der Waals surface area (Å²) in [5.74, 6) is -0.173. The number of para-hydroxylation sites is 1. The number of rotatable bonds is 6. The van der Waals surface area contributed by atoms with E-state index in [1.165, 1.54) is 11.8 Å². The molecule has 2 aromatic carbocycles. The van der Waals surface area contributed by atoms with Crippen molar-refractivity contribution in [3.63, 3.8) is 0 Å². The van der Waals surface area contributed by atoms with Crippen LogP contribution in [0.15, 0.2) is 58.5 Å². The normalized spacial score (nSPS) is 17.2. The molecule has 4 rings (SSSR count). The van der Waals surface area contributed by atoms with Gasteiger partial charge in [-0.05, 0) is 56.2 Å². The average molecular weight is 444 g/mol. The van der Waals surface area contributed by atoms with Crippen molar-refractivity contribution in [3.05, 3.63) is 63.9 Å². The molecule has 2 atom stereocenters. The smallest absolute Gasteiger partial charge is 0.262 e. The van der Waals surface area contributed by atoms with E-state index >= 15 is 0 Å². The first kappa shape index (κ1) is 20.9. The van der Waals surface area contributed by atoms with Gasteiger partial charge in [0.25, 0.3) is 5.56 Å². The predicted molar refractivity (Wildman–Crippen MR) is 120 cm³/mol. The molecular weight excluding hydrogens is 422 g/mol. The van der Waals surface area contributed by atoms with Gasteiger partial charge in [-0.1, -0.05) is 35.5 Å². The lowest BCUT2D eigenvalue weighted by atomic mass is 10.2. The Kier molecular flexibility index (Phi) is 6.41. The Morgan fingerprint density at radius 3 is 2.80 bits per heavy atom. The molecule has 2 heterocycles. The predicted octanol–water partition coefficient (Wildman–Crippen LogP) is 4.35. The van der Waals surface area contributed by atoms with Crippen molar-refractivity contribution in [2.75, 3.05) is 11.9 Å². The van der Waals surface area contributed by atoms with Crippen LogP contribution in [0.25, 0.3) is 10.9 Å². The number of carbonyl (C=O) groups excluding carboxylic acids is 1. The summed E-state index contributed by atoms with van der Waals surface area (Å²) in [4.78, 5) is 30.5. The summed E-state index contributed by atoms with van der Waals surface area (Å²) in [6, 6.07) is 14.2. The lowest BCUT2D eigenvalue weighted by Gasteiger charge is -2.18. The lowest BCUT2D eigenvalue weighted by Crippen LogP contribution is -2.30. The number of amides is 1. The highest BCUT2D eigenvalue weighted by molar-refractivity contribution is 8.00. The minimum atomic E-state index is -0.454. The number of thioether (sulfide) groups is 1. The number of nitrogens with one attached hydrogen (secondary N) is 1. The van der Waals surface area contributed by atoms with Gasteiger partial charge in [-0.15, -0.1) is 0 Å². The average Bonchev–Trinajstić information content (AvgIpc) is 3.26. The summed E-state index contributed by atoms with van der Waals surface area (Å²) in [6.07, 6.45) is 1.89. The van der Waals surface area contributed by atoms with Gasteiger partial charge in [0.2, 0.25) is 5.91 Å². The highest BCUT2D eigenvalue weighted by atomic mass is 35.5. The van der Waals surface area contributed by atoms with Crippen LogP contribution in [0.4, 0.5) is 5.69 Å². The fourth-order valence-electron chi connectivity index (χ4n) is 3.38. The molecule has 1 N–H and O–H groups in total. The molecule has 0 bridgehead atoms. The molecule has 0 spiro atoms. The van der Waals surface area contributed by atoms with Gasteiger partial charge in [-0.25, -0.2) is 4.98 Å². The fourth-order valence-corrected chi connectivity index (χ4v) is 4.42. The summed E-state index contributed by atoms with van der Waals surface area (Å²) in [5.41, 5.74) is 1.18. The fraction of sp³-hybridized carbons (Fsp3) is 0.318. The zero-order chi connectivity index (χ0) is 21.1. The topological polar surface area (TPSA) is 73.2 Å². The minimum Gasteiger partial charge on any atom is -0.376 e. The van der Waals surface area contributed by atoms with Crippen LogP contribution in [0.3, 0.4) is 0 Å². The number of nitrogens with zero attached hydrogens (tertiary/aromatic N) is 2. The number of ether oxygens (including phenoxy) is 1. The summed E-state index contributed by atoms with van der Waals surface area (Å²) in [7, 11) is 0. The molecule has 3 aromatic rings. The van der Waals surface area contributed by atoms with E-state index in [9.17, 15) is 9.59 Å². The minimum absolute atomic E-state index is 0.0109. The molecular formula is C22H22ClN3O3S. The number of hydrogen-bond acceptors (Lipinski definition) is 5. The first-order valence-electron chi connectivity index (χ1n) is 9.85. The maximum absolute atomic E-state index is 13.2. The monoisotopic (exact) mass is 443 g/mol. The molecule has 30 heavy (non-hydrogen) atoms. The number of anilines is 1. The quantitative estimate of drug-likeness (QED) is 0.453. The van der Waals surface area contributed by atoms with Crippen molar-refractivity contribution in [3.8, 4) is 0 Å². The van der Waals surface area contributed by atoms with Gasteiger partial charge in [0, 0.05) is 17.3 Å². The molecule has 1 saturated heterocycles. The second kappa shape index (κ2) is 9.20. The van der Waals surface area contributed by atoms with Gasteiger partial charge < -0.3 is 10.1 Å². The number of carbonyl (C=O) groups is 1. The first-order valence-corrected chi connectivity index (χ1v) is 11.1. The molecule has 6 nitrogen and oxygen atoms in total. The maximum atomic E-state index is 13.2. The van der Waals surface area contributed by atoms with Crippen LogP contribution in [0.2, 0.25) is 5.02 Å². The Balaban J connectivity index is 1.60. The lowest BCUT2D eigenvalue weighted by molar-refractivity contribution is -0.115.